The zero-order valence-electron chi connectivity index (χ0n) is 29.2. The van der Waals surface area contributed by atoms with E-state index in [9.17, 15) is 0 Å². The largest absolute Gasteiger partial charge is 0.387 e. The number of hydrogen-bond acceptors (Lipinski definition) is 2. The molecular weight excluding hydrogens is 659 g/mol. The van der Waals surface area contributed by atoms with E-state index in [4.69, 9.17) is 9.97 Å². The molecule has 11 aromatic rings. The van der Waals surface area contributed by atoms with Crippen LogP contribution in [0.2, 0.25) is 0 Å². The predicted molar refractivity (Wildman–Crippen MR) is 220 cm³/mol. The highest BCUT2D eigenvalue weighted by molar-refractivity contribution is 6.28. The van der Waals surface area contributed by atoms with Crippen LogP contribution in [-0.2, 0) is 0 Å². The zero-order valence-corrected chi connectivity index (χ0v) is 29.2. The summed E-state index contributed by atoms with van der Waals surface area (Å²) in [4.78, 5) is 10.4. The lowest BCUT2D eigenvalue weighted by molar-refractivity contribution is -0.505. The molecule has 252 valence electrons. The van der Waals surface area contributed by atoms with Gasteiger partial charge in [0, 0.05) is 33.3 Å². The Labute approximate surface area is 311 Å². The first-order chi connectivity index (χ1) is 26.8. The lowest BCUT2D eigenvalue weighted by Gasteiger charge is -2.11. The number of nitrogens with zero attached hydrogens (tertiary/aromatic N) is 5. The Hall–Kier alpha value is -7.37. The molecule has 0 aliphatic carbocycles. The summed E-state index contributed by atoms with van der Waals surface area (Å²) in [6.45, 7) is 0. The molecule has 0 saturated heterocycles. The molecule has 4 heterocycles. The molecule has 5 nitrogen and oxygen atoms in total. The van der Waals surface area contributed by atoms with Crippen LogP contribution in [0.3, 0.4) is 0 Å². The van der Waals surface area contributed by atoms with E-state index in [1.165, 1.54) is 43.8 Å². The van der Waals surface area contributed by atoms with Crippen molar-refractivity contribution in [2.75, 3.05) is 0 Å². The van der Waals surface area contributed by atoms with E-state index in [2.05, 4.69) is 177 Å². The quantitative estimate of drug-likeness (QED) is 0.169. The van der Waals surface area contributed by atoms with Crippen molar-refractivity contribution in [1.29, 1.82) is 0 Å². The molecule has 0 amide bonds. The van der Waals surface area contributed by atoms with Gasteiger partial charge in [0.15, 0.2) is 0 Å². The Morgan fingerprint density at radius 1 is 0.370 bits per heavy atom. The average Bonchev–Trinajstić information content (AvgIpc) is 3.77. The molecule has 0 aliphatic rings. The monoisotopic (exact) mass is 690 g/mol. The molecule has 7 aromatic carbocycles. The van der Waals surface area contributed by atoms with Crippen LogP contribution >= 0.6 is 0 Å². The Bertz CT molecular complexity index is 3200. The Morgan fingerprint density at radius 2 is 0.907 bits per heavy atom. The van der Waals surface area contributed by atoms with Gasteiger partial charge in [-0.2, -0.15) is 4.40 Å². The van der Waals surface area contributed by atoms with Gasteiger partial charge in [-0.25, -0.2) is 4.57 Å². The van der Waals surface area contributed by atoms with Crippen molar-refractivity contribution in [2.24, 2.45) is 0 Å². The molecule has 0 aliphatic heterocycles. The Kier molecular flexibility index (Phi) is 6.79. The molecular formula is C49H32N5+. The van der Waals surface area contributed by atoms with Crippen molar-refractivity contribution in [3.05, 3.63) is 194 Å². The summed E-state index contributed by atoms with van der Waals surface area (Å²) in [5.41, 5.74) is 12.2. The van der Waals surface area contributed by atoms with Crippen molar-refractivity contribution in [3.63, 3.8) is 0 Å². The minimum atomic E-state index is 0.639. The van der Waals surface area contributed by atoms with Gasteiger partial charge >= 0.3 is 5.95 Å². The van der Waals surface area contributed by atoms with Crippen LogP contribution in [0.1, 0.15) is 0 Å². The maximum Gasteiger partial charge on any atom is 0.387 e. The molecule has 54 heavy (non-hydrogen) atoms. The van der Waals surface area contributed by atoms with Gasteiger partial charge in [-0.05, 0) is 86.8 Å². The third-order valence-electron chi connectivity index (χ3n) is 10.6. The maximum atomic E-state index is 5.28. The summed E-state index contributed by atoms with van der Waals surface area (Å²) in [5, 5.41) is 4.78. The smallest absolute Gasteiger partial charge is 0.309 e. The van der Waals surface area contributed by atoms with Crippen LogP contribution in [-0.4, -0.2) is 19.1 Å². The molecule has 4 aromatic heterocycles. The molecule has 11 rings (SSSR count). The molecule has 0 N–H and O–H groups in total. The van der Waals surface area contributed by atoms with E-state index in [1.54, 1.807) is 0 Å². The second-order valence-corrected chi connectivity index (χ2v) is 13.7. The lowest BCUT2D eigenvalue weighted by Crippen LogP contribution is -2.28. The fourth-order valence-electron chi connectivity index (χ4n) is 8.19. The Balaban J connectivity index is 1.14. The van der Waals surface area contributed by atoms with Crippen molar-refractivity contribution < 1.29 is 4.40 Å². The molecule has 0 fully saturated rings. The maximum absolute atomic E-state index is 5.28. The van der Waals surface area contributed by atoms with E-state index in [0.717, 1.165) is 44.8 Å². The first kappa shape index (κ1) is 30.3. The van der Waals surface area contributed by atoms with Crippen molar-refractivity contribution in [3.8, 4) is 45.3 Å². The van der Waals surface area contributed by atoms with Crippen LogP contribution in [0.15, 0.2) is 194 Å². The minimum Gasteiger partial charge on any atom is -0.309 e. The van der Waals surface area contributed by atoms with Gasteiger partial charge < -0.3 is 4.57 Å². The van der Waals surface area contributed by atoms with E-state index < -0.39 is 0 Å². The molecule has 0 bridgehead atoms. The van der Waals surface area contributed by atoms with Gasteiger partial charge in [0.1, 0.15) is 0 Å². The lowest BCUT2D eigenvalue weighted by atomic mass is 10.00. The van der Waals surface area contributed by atoms with Crippen LogP contribution in [0.5, 0.6) is 0 Å². The molecule has 0 radical (unpaired) electrons. The van der Waals surface area contributed by atoms with E-state index in [0.29, 0.717) is 5.95 Å². The number of hydrogen-bond donors (Lipinski definition) is 0. The normalized spacial score (nSPS) is 11.7. The standard InChI is InChI=1S/C49H32N5/c1-3-14-33(15-4-1)34-25-27-35(28-26-34)37-18-13-19-38(32-37)53-41-22-9-7-20-39(41)46-43(53)29-30-44-47(46)40-21-8-10-23-42(40)54(44)49-50-45-24-11-12-31-52(45)48(51-49)36-16-5-2-6-17-36/h1-32H/q+1. The van der Waals surface area contributed by atoms with Crippen molar-refractivity contribution in [2.45, 2.75) is 0 Å². The summed E-state index contributed by atoms with van der Waals surface area (Å²) in [7, 11) is 0. The number of para-hydroxylation sites is 2. The highest BCUT2D eigenvalue weighted by Gasteiger charge is 2.26. The molecule has 5 heteroatoms. The Morgan fingerprint density at radius 3 is 1.61 bits per heavy atom. The van der Waals surface area contributed by atoms with Gasteiger partial charge in [0.25, 0.3) is 11.5 Å². The third kappa shape index (κ3) is 4.69. The summed E-state index contributed by atoms with van der Waals surface area (Å²) < 4.78 is 6.70. The second kappa shape index (κ2) is 12.1. The number of rotatable bonds is 5. The van der Waals surface area contributed by atoms with Crippen LogP contribution in [0, 0.1) is 0 Å². The second-order valence-electron chi connectivity index (χ2n) is 13.7. The van der Waals surface area contributed by atoms with Gasteiger partial charge in [-0.15, -0.1) is 0 Å². The van der Waals surface area contributed by atoms with Gasteiger partial charge in [-0.3, -0.25) is 0 Å². The molecule has 0 saturated carbocycles. The summed E-state index contributed by atoms with van der Waals surface area (Å²) in [6.07, 6.45) is 2.03. The van der Waals surface area contributed by atoms with E-state index >= 15 is 0 Å². The van der Waals surface area contributed by atoms with Gasteiger partial charge in [-0.1, -0.05) is 127 Å². The number of aromatic nitrogens is 5. The number of fused-ring (bicyclic) bond motifs is 8. The van der Waals surface area contributed by atoms with E-state index in [1.807, 2.05) is 30.5 Å². The summed E-state index contributed by atoms with van der Waals surface area (Å²) in [5.74, 6) is 1.48. The molecule has 0 atom stereocenters. The highest BCUT2D eigenvalue weighted by atomic mass is 15.2. The first-order valence-corrected chi connectivity index (χ1v) is 18.3. The number of benzene rings is 7. The van der Waals surface area contributed by atoms with Crippen LogP contribution in [0.4, 0.5) is 0 Å². The fraction of sp³-hybridized carbons (Fsp3) is 0. The zero-order chi connectivity index (χ0) is 35.6. The van der Waals surface area contributed by atoms with Crippen molar-refractivity contribution in [1.82, 2.24) is 19.1 Å². The van der Waals surface area contributed by atoms with E-state index in [-0.39, 0.29) is 0 Å². The topological polar surface area (TPSA) is 39.7 Å². The summed E-state index contributed by atoms with van der Waals surface area (Å²) in [6, 6.07) is 66.7. The van der Waals surface area contributed by atoms with Crippen molar-refractivity contribution >= 4 is 49.3 Å². The molecule has 0 spiro atoms. The predicted octanol–water partition coefficient (Wildman–Crippen LogP) is 11.4. The minimum absolute atomic E-state index is 0.639. The summed E-state index contributed by atoms with van der Waals surface area (Å²) >= 11 is 0. The third-order valence-corrected chi connectivity index (χ3v) is 10.6. The molecule has 0 unspecified atom stereocenters. The fourth-order valence-corrected chi connectivity index (χ4v) is 8.19. The SMILES string of the molecule is c1ccc(-c2ccc(-c3cccc(-n4c5ccccc5c5c6c7ccccc7n(-c7nc(-c8ccccc8)[n+]8ccccc8n7)c6ccc54)c3)cc2)cc1. The highest BCUT2D eigenvalue weighted by Crippen LogP contribution is 2.42. The average molecular weight is 691 g/mol. The first-order valence-electron chi connectivity index (χ1n) is 18.3. The number of pyridine rings is 1. The van der Waals surface area contributed by atoms with Gasteiger partial charge in [0.05, 0.1) is 33.8 Å². The van der Waals surface area contributed by atoms with Crippen LogP contribution in [0.25, 0.3) is 94.5 Å². The van der Waals surface area contributed by atoms with Gasteiger partial charge in [0.2, 0.25) is 0 Å². The van der Waals surface area contributed by atoms with Crippen LogP contribution < -0.4 is 4.40 Å².